The fourth-order valence-electron chi connectivity index (χ4n) is 3.20. The lowest BCUT2D eigenvalue weighted by Crippen LogP contribution is -2.37. The highest BCUT2D eigenvalue weighted by molar-refractivity contribution is 5.95. The van der Waals surface area contributed by atoms with Crippen molar-refractivity contribution in [1.29, 1.82) is 0 Å². The van der Waals surface area contributed by atoms with E-state index in [1.54, 1.807) is 30.7 Å². The van der Waals surface area contributed by atoms with E-state index in [1.807, 2.05) is 6.07 Å². The quantitative estimate of drug-likeness (QED) is 0.855. The van der Waals surface area contributed by atoms with E-state index < -0.39 is 0 Å². The Morgan fingerprint density at radius 1 is 1.48 bits per heavy atom. The Balaban J connectivity index is 1.74. The standard InChI is InChI=1S/C18H24N4O3/c1-12-5-7-22(11-14-4-3-6-19-9-14)18(24)16(12)17(23)20-10-15-8-13(2)25-21-15/h5,7-8,14,19H,3-4,6,9-11H2,1-2H3,(H,20,23). The zero-order valence-electron chi connectivity index (χ0n) is 14.7. The molecule has 2 aromatic rings. The van der Waals surface area contributed by atoms with Crippen LogP contribution < -0.4 is 16.2 Å². The van der Waals surface area contributed by atoms with Gasteiger partial charge in [0.2, 0.25) is 0 Å². The van der Waals surface area contributed by atoms with E-state index in [1.165, 1.54) is 0 Å². The number of piperidine rings is 1. The molecule has 1 amide bonds. The number of aromatic nitrogens is 2. The van der Waals surface area contributed by atoms with Crippen LogP contribution in [0.3, 0.4) is 0 Å². The van der Waals surface area contributed by atoms with Crippen LogP contribution in [-0.2, 0) is 13.1 Å². The minimum absolute atomic E-state index is 0.200. The second-order valence-electron chi connectivity index (χ2n) is 6.66. The molecule has 3 heterocycles. The molecule has 1 atom stereocenters. The average Bonchev–Trinajstić information content (AvgIpc) is 3.02. The van der Waals surface area contributed by atoms with E-state index in [0.29, 0.717) is 29.5 Å². The third kappa shape index (κ3) is 4.17. The maximum atomic E-state index is 12.8. The Labute approximate surface area is 146 Å². The van der Waals surface area contributed by atoms with Gasteiger partial charge in [0.25, 0.3) is 11.5 Å². The molecule has 1 saturated heterocycles. The number of nitrogens with zero attached hydrogens (tertiary/aromatic N) is 2. The molecule has 1 unspecified atom stereocenters. The fourth-order valence-corrected chi connectivity index (χ4v) is 3.20. The number of carbonyl (C=O) groups is 1. The molecule has 2 aromatic heterocycles. The SMILES string of the molecule is Cc1cc(CNC(=O)c2c(C)ccn(CC3CCCNC3)c2=O)no1. The molecule has 0 radical (unpaired) electrons. The van der Waals surface area contributed by atoms with Gasteiger partial charge in [0.15, 0.2) is 0 Å². The topological polar surface area (TPSA) is 89.2 Å². The largest absolute Gasteiger partial charge is 0.361 e. The highest BCUT2D eigenvalue weighted by Gasteiger charge is 2.19. The van der Waals surface area contributed by atoms with Crippen molar-refractivity contribution in [3.63, 3.8) is 0 Å². The van der Waals surface area contributed by atoms with Gasteiger partial charge in [-0.25, -0.2) is 0 Å². The summed E-state index contributed by atoms with van der Waals surface area (Å²) in [6.45, 7) is 6.38. The Kier molecular flexibility index (Phi) is 5.33. The zero-order chi connectivity index (χ0) is 17.8. The molecule has 2 N–H and O–H groups in total. The molecular weight excluding hydrogens is 320 g/mol. The molecular formula is C18H24N4O3. The van der Waals surface area contributed by atoms with E-state index in [-0.39, 0.29) is 23.6 Å². The molecule has 0 bridgehead atoms. The highest BCUT2D eigenvalue weighted by Crippen LogP contribution is 2.12. The van der Waals surface area contributed by atoms with Crippen LogP contribution in [0.5, 0.6) is 0 Å². The van der Waals surface area contributed by atoms with Crippen molar-refractivity contribution < 1.29 is 9.32 Å². The van der Waals surface area contributed by atoms with E-state index in [9.17, 15) is 9.59 Å². The Hall–Kier alpha value is -2.41. The molecule has 7 heteroatoms. The van der Waals surface area contributed by atoms with Crippen LogP contribution in [0.25, 0.3) is 0 Å². The summed E-state index contributed by atoms with van der Waals surface area (Å²) in [7, 11) is 0. The number of amides is 1. The van der Waals surface area contributed by atoms with E-state index >= 15 is 0 Å². The zero-order valence-corrected chi connectivity index (χ0v) is 14.7. The number of nitrogens with one attached hydrogen (secondary N) is 2. The summed E-state index contributed by atoms with van der Waals surface area (Å²) in [4.78, 5) is 25.3. The minimum atomic E-state index is -0.376. The first-order valence-electron chi connectivity index (χ1n) is 8.65. The van der Waals surface area contributed by atoms with Crippen molar-refractivity contribution in [2.45, 2.75) is 39.8 Å². The van der Waals surface area contributed by atoms with Crippen LogP contribution in [0.4, 0.5) is 0 Å². The summed E-state index contributed by atoms with van der Waals surface area (Å²) in [5.41, 5.74) is 1.27. The van der Waals surface area contributed by atoms with Gasteiger partial charge in [-0.2, -0.15) is 0 Å². The molecule has 0 aromatic carbocycles. The summed E-state index contributed by atoms with van der Waals surface area (Å²) >= 11 is 0. The van der Waals surface area contributed by atoms with Crippen LogP contribution in [0.15, 0.2) is 27.6 Å². The van der Waals surface area contributed by atoms with Gasteiger partial charge in [-0.1, -0.05) is 5.16 Å². The predicted octanol–water partition coefficient (Wildman–Crippen LogP) is 1.38. The number of rotatable bonds is 5. The van der Waals surface area contributed by atoms with Gasteiger partial charge in [0, 0.05) is 18.8 Å². The summed E-state index contributed by atoms with van der Waals surface area (Å²) < 4.78 is 6.63. The number of pyridine rings is 1. The van der Waals surface area contributed by atoms with E-state index in [4.69, 9.17) is 4.52 Å². The van der Waals surface area contributed by atoms with Crippen LogP contribution in [-0.4, -0.2) is 28.7 Å². The van der Waals surface area contributed by atoms with Crippen molar-refractivity contribution in [3.8, 4) is 0 Å². The fraction of sp³-hybridized carbons (Fsp3) is 0.500. The van der Waals surface area contributed by atoms with Crippen molar-refractivity contribution >= 4 is 5.91 Å². The maximum Gasteiger partial charge on any atom is 0.263 e. The minimum Gasteiger partial charge on any atom is -0.361 e. The van der Waals surface area contributed by atoms with Crippen molar-refractivity contribution in [3.05, 3.63) is 51.3 Å². The molecule has 0 saturated carbocycles. The summed E-state index contributed by atoms with van der Waals surface area (Å²) in [5.74, 6) is 0.728. The first-order chi connectivity index (χ1) is 12.0. The molecule has 1 aliphatic rings. The lowest BCUT2D eigenvalue weighted by Gasteiger charge is -2.23. The third-order valence-electron chi connectivity index (χ3n) is 4.56. The summed E-state index contributed by atoms with van der Waals surface area (Å²) in [6.07, 6.45) is 4.00. The molecule has 0 aliphatic carbocycles. The molecule has 134 valence electrons. The van der Waals surface area contributed by atoms with Crippen molar-refractivity contribution in [2.75, 3.05) is 13.1 Å². The normalized spacial score (nSPS) is 17.4. The molecule has 1 fully saturated rings. The van der Waals surface area contributed by atoms with Crippen molar-refractivity contribution in [1.82, 2.24) is 20.4 Å². The summed E-state index contributed by atoms with van der Waals surface area (Å²) in [5, 5.41) is 9.95. The Bertz CT molecular complexity index is 803. The lowest BCUT2D eigenvalue weighted by molar-refractivity contribution is 0.0947. The predicted molar refractivity (Wildman–Crippen MR) is 93.4 cm³/mol. The van der Waals surface area contributed by atoms with Gasteiger partial charge in [-0.3, -0.25) is 9.59 Å². The van der Waals surface area contributed by atoms with Crippen LogP contribution in [0, 0.1) is 19.8 Å². The molecule has 1 aliphatic heterocycles. The summed E-state index contributed by atoms with van der Waals surface area (Å²) in [6, 6.07) is 3.58. The molecule has 0 spiro atoms. The second kappa shape index (κ2) is 7.65. The third-order valence-corrected chi connectivity index (χ3v) is 4.56. The highest BCUT2D eigenvalue weighted by atomic mass is 16.5. The Morgan fingerprint density at radius 2 is 2.32 bits per heavy atom. The molecule has 25 heavy (non-hydrogen) atoms. The van der Waals surface area contributed by atoms with Crippen LogP contribution >= 0.6 is 0 Å². The average molecular weight is 344 g/mol. The van der Waals surface area contributed by atoms with Gasteiger partial charge in [-0.15, -0.1) is 0 Å². The monoisotopic (exact) mass is 344 g/mol. The van der Waals surface area contributed by atoms with Gasteiger partial charge in [-0.05, 0) is 57.3 Å². The first-order valence-corrected chi connectivity index (χ1v) is 8.65. The molecule has 7 nitrogen and oxygen atoms in total. The van der Waals surface area contributed by atoms with Crippen LogP contribution in [0.2, 0.25) is 0 Å². The second-order valence-corrected chi connectivity index (χ2v) is 6.66. The first kappa shape index (κ1) is 17.4. The maximum absolute atomic E-state index is 12.8. The van der Waals surface area contributed by atoms with Crippen molar-refractivity contribution in [2.24, 2.45) is 5.92 Å². The van der Waals surface area contributed by atoms with Gasteiger partial charge < -0.3 is 19.7 Å². The number of carbonyl (C=O) groups excluding carboxylic acids is 1. The number of hydrogen-bond acceptors (Lipinski definition) is 5. The Morgan fingerprint density at radius 3 is 3.00 bits per heavy atom. The molecule has 3 rings (SSSR count). The van der Waals surface area contributed by atoms with Gasteiger partial charge >= 0.3 is 0 Å². The number of aryl methyl sites for hydroxylation is 2. The van der Waals surface area contributed by atoms with Crippen LogP contribution in [0.1, 0.15) is 40.2 Å². The smallest absolute Gasteiger partial charge is 0.263 e. The van der Waals surface area contributed by atoms with Gasteiger partial charge in [0.05, 0.1) is 6.54 Å². The van der Waals surface area contributed by atoms with E-state index in [2.05, 4.69) is 15.8 Å². The van der Waals surface area contributed by atoms with E-state index in [0.717, 1.165) is 25.9 Å². The van der Waals surface area contributed by atoms with Gasteiger partial charge in [0.1, 0.15) is 17.0 Å². The lowest BCUT2D eigenvalue weighted by atomic mass is 9.99. The number of hydrogen-bond donors (Lipinski definition) is 2.